The molecule has 3 atom stereocenters. The number of aromatic amines is 1. The third-order valence-electron chi connectivity index (χ3n) is 2.95. The Kier molecular flexibility index (Phi) is 1.30. The molecule has 2 aliphatic rings. The molecule has 0 unspecified atom stereocenters. The SMILES string of the molecule is C#Cc1c[nH]c([C@@H]2C[C@H]3C[C@H]3N2)n1. The Labute approximate surface area is 77.0 Å². The number of imidazole rings is 1. The highest BCUT2D eigenvalue weighted by atomic mass is 15.1. The van der Waals surface area contributed by atoms with Gasteiger partial charge in [-0.2, -0.15) is 0 Å². The molecule has 13 heavy (non-hydrogen) atoms. The van der Waals surface area contributed by atoms with Crippen LogP contribution in [0, 0.1) is 18.3 Å². The van der Waals surface area contributed by atoms with Gasteiger partial charge in [0.05, 0.1) is 6.04 Å². The van der Waals surface area contributed by atoms with Gasteiger partial charge in [-0.25, -0.2) is 4.98 Å². The maximum atomic E-state index is 5.24. The molecule has 1 aromatic rings. The van der Waals surface area contributed by atoms with Gasteiger partial charge in [0.1, 0.15) is 11.5 Å². The number of rotatable bonds is 1. The number of terminal acetylenes is 1. The molecule has 2 N–H and O–H groups in total. The van der Waals surface area contributed by atoms with E-state index in [9.17, 15) is 0 Å². The van der Waals surface area contributed by atoms with Crippen LogP contribution < -0.4 is 5.32 Å². The van der Waals surface area contributed by atoms with E-state index in [1.54, 1.807) is 6.20 Å². The Morgan fingerprint density at radius 3 is 3.08 bits per heavy atom. The molecule has 0 bridgehead atoms. The average Bonchev–Trinajstić information content (AvgIpc) is 2.67. The van der Waals surface area contributed by atoms with E-state index in [0.717, 1.165) is 17.8 Å². The van der Waals surface area contributed by atoms with Crippen molar-refractivity contribution in [2.75, 3.05) is 0 Å². The van der Waals surface area contributed by atoms with Crippen LogP contribution in [0.1, 0.15) is 30.4 Å². The van der Waals surface area contributed by atoms with Gasteiger partial charge in [0.2, 0.25) is 0 Å². The standard InChI is InChI=1S/C10H11N3/c1-2-7-5-11-10(12-7)9-4-6-3-8(6)13-9/h1,5-6,8-9,13H,3-4H2,(H,11,12)/t6-,8-,9+/m1/s1. The molecule has 1 saturated heterocycles. The fourth-order valence-corrected chi connectivity index (χ4v) is 2.12. The number of fused-ring (bicyclic) bond motifs is 1. The summed E-state index contributed by atoms with van der Waals surface area (Å²) < 4.78 is 0. The van der Waals surface area contributed by atoms with Crippen LogP contribution in [0.15, 0.2) is 6.20 Å². The summed E-state index contributed by atoms with van der Waals surface area (Å²) in [5.74, 6) is 4.42. The van der Waals surface area contributed by atoms with Gasteiger partial charge in [0, 0.05) is 12.2 Å². The molecule has 3 heteroatoms. The first kappa shape index (κ1) is 7.16. The zero-order chi connectivity index (χ0) is 8.84. The summed E-state index contributed by atoms with van der Waals surface area (Å²) in [7, 11) is 0. The molecule has 0 radical (unpaired) electrons. The van der Waals surface area contributed by atoms with Gasteiger partial charge in [-0.3, -0.25) is 0 Å². The van der Waals surface area contributed by atoms with Crippen LogP contribution in [-0.2, 0) is 0 Å². The zero-order valence-electron chi connectivity index (χ0n) is 7.25. The maximum Gasteiger partial charge on any atom is 0.131 e. The first-order valence-electron chi connectivity index (χ1n) is 4.65. The van der Waals surface area contributed by atoms with Crippen molar-refractivity contribution in [1.82, 2.24) is 15.3 Å². The van der Waals surface area contributed by atoms with Gasteiger partial charge < -0.3 is 10.3 Å². The largest absolute Gasteiger partial charge is 0.346 e. The fourth-order valence-electron chi connectivity index (χ4n) is 2.12. The number of hydrogen-bond donors (Lipinski definition) is 2. The van der Waals surface area contributed by atoms with Crippen molar-refractivity contribution in [3.05, 3.63) is 17.7 Å². The Balaban J connectivity index is 1.81. The van der Waals surface area contributed by atoms with Gasteiger partial charge in [-0.05, 0) is 24.7 Å². The summed E-state index contributed by atoms with van der Waals surface area (Å²) in [6.45, 7) is 0. The number of nitrogens with zero attached hydrogens (tertiary/aromatic N) is 1. The lowest BCUT2D eigenvalue weighted by Gasteiger charge is -2.08. The molecule has 0 spiro atoms. The number of hydrogen-bond acceptors (Lipinski definition) is 2. The van der Waals surface area contributed by atoms with Gasteiger partial charge in [-0.1, -0.05) is 0 Å². The number of H-pyrrole nitrogens is 1. The van der Waals surface area contributed by atoms with Crippen molar-refractivity contribution >= 4 is 0 Å². The van der Waals surface area contributed by atoms with Crippen LogP contribution >= 0.6 is 0 Å². The van der Waals surface area contributed by atoms with Gasteiger partial charge in [-0.15, -0.1) is 6.42 Å². The Morgan fingerprint density at radius 1 is 1.54 bits per heavy atom. The average molecular weight is 173 g/mol. The van der Waals surface area contributed by atoms with E-state index in [2.05, 4.69) is 21.2 Å². The lowest BCUT2D eigenvalue weighted by atomic mass is 10.2. The van der Waals surface area contributed by atoms with E-state index in [4.69, 9.17) is 6.42 Å². The van der Waals surface area contributed by atoms with Crippen molar-refractivity contribution in [3.63, 3.8) is 0 Å². The molecule has 1 aromatic heterocycles. The lowest BCUT2D eigenvalue weighted by molar-refractivity contribution is 0.543. The minimum Gasteiger partial charge on any atom is -0.346 e. The van der Waals surface area contributed by atoms with Crippen LogP contribution in [0.25, 0.3) is 0 Å². The third-order valence-corrected chi connectivity index (χ3v) is 2.95. The Hall–Kier alpha value is -1.27. The zero-order valence-corrected chi connectivity index (χ0v) is 7.25. The summed E-state index contributed by atoms with van der Waals surface area (Å²) in [5, 5.41) is 3.52. The molecule has 3 rings (SSSR count). The van der Waals surface area contributed by atoms with Crippen LogP contribution in [0.3, 0.4) is 0 Å². The summed E-state index contributed by atoms with van der Waals surface area (Å²) in [6.07, 6.45) is 9.59. The first-order chi connectivity index (χ1) is 6.36. The maximum absolute atomic E-state index is 5.24. The van der Waals surface area contributed by atoms with E-state index in [-0.39, 0.29) is 0 Å². The van der Waals surface area contributed by atoms with Crippen LogP contribution in [0.5, 0.6) is 0 Å². The summed E-state index contributed by atoms with van der Waals surface area (Å²) in [6, 6.07) is 1.16. The smallest absolute Gasteiger partial charge is 0.131 e. The molecule has 3 nitrogen and oxygen atoms in total. The summed E-state index contributed by atoms with van der Waals surface area (Å²) in [4.78, 5) is 7.44. The summed E-state index contributed by atoms with van der Waals surface area (Å²) >= 11 is 0. The predicted molar refractivity (Wildman–Crippen MR) is 48.9 cm³/mol. The van der Waals surface area contributed by atoms with Crippen molar-refractivity contribution in [3.8, 4) is 12.3 Å². The number of nitrogens with one attached hydrogen (secondary N) is 2. The molecule has 1 aliphatic heterocycles. The van der Waals surface area contributed by atoms with Crippen molar-refractivity contribution in [2.45, 2.75) is 24.9 Å². The predicted octanol–water partition coefficient (Wildman–Crippen LogP) is 0.814. The third kappa shape index (κ3) is 1.06. The van der Waals surface area contributed by atoms with Crippen LogP contribution in [-0.4, -0.2) is 16.0 Å². The summed E-state index contributed by atoms with van der Waals surface area (Å²) in [5.41, 5.74) is 0.706. The quantitative estimate of drug-likeness (QED) is 0.617. The fraction of sp³-hybridized carbons (Fsp3) is 0.500. The molecule has 1 saturated carbocycles. The molecule has 66 valence electrons. The topological polar surface area (TPSA) is 40.7 Å². The van der Waals surface area contributed by atoms with Crippen LogP contribution in [0.2, 0.25) is 0 Å². The van der Waals surface area contributed by atoms with E-state index in [1.807, 2.05) is 0 Å². The van der Waals surface area contributed by atoms with E-state index >= 15 is 0 Å². The van der Waals surface area contributed by atoms with Crippen molar-refractivity contribution in [2.24, 2.45) is 5.92 Å². The van der Waals surface area contributed by atoms with Gasteiger partial charge in [0.15, 0.2) is 0 Å². The van der Waals surface area contributed by atoms with Crippen LogP contribution in [0.4, 0.5) is 0 Å². The second-order valence-electron chi connectivity index (χ2n) is 3.87. The molecular formula is C10H11N3. The molecule has 2 fully saturated rings. The Morgan fingerprint density at radius 2 is 2.46 bits per heavy atom. The first-order valence-corrected chi connectivity index (χ1v) is 4.65. The second kappa shape index (κ2) is 2.36. The van der Waals surface area contributed by atoms with E-state index in [0.29, 0.717) is 11.7 Å². The van der Waals surface area contributed by atoms with Gasteiger partial charge in [0.25, 0.3) is 0 Å². The van der Waals surface area contributed by atoms with E-state index in [1.165, 1.54) is 12.8 Å². The van der Waals surface area contributed by atoms with Crippen molar-refractivity contribution in [1.29, 1.82) is 0 Å². The second-order valence-corrected chi connectivity index (χ2v) is 3.87. The monoisotopic (exact) mass is 173 g/mol. The number of piperidine rings is 1. The normalized spacial score (nSPS) is 35.5. The minimum absolute atomic E-state index is 0.408. The number of aromatic nitrogens is 2. The molecule has 1 aliphatic carbocycles. The highest BCUT2D eigenvalue weighted by Gasteiger charge is 2.46. The van der Waals surface area contributed by atoms with E-state index < -0.39 is 0 Å². The molecule has 2 heterocycles. The lowest BCUT2D eigenvalue weighted by Crippen LogP contribution is -2.18. The highest BCUT2D eigenvalue weighted by molar-refractivity contribution is 5.24. The highest BCUT2D eigenvalue weighted by Crippen LogP contribution is 2.45. The Bertz CT molecular complexity index is 364. The molecule has 0 amide bonds. The minimum atomic E-state index is 0.408. The van der Waals surface area contributed by atoms with Crippen molar-refractivity contribution < 1.29 is 0 Å². The molecule has 0 aromatic carbocycles. The molecular weight excluding hydrogens is 162 g/mol. The van der Waals surface area contributed by atoms with Gasteiger partial charge >= 0.3 is 0 Å².